The van der Waals surface area contributed by atoms with Crippen LogP contribution in [0.3, 0.4) is 0 Å². The zero-order valence-electron chi connectivity index (χ0n) is 13.0. The van der Waals surface area contributed by atoms with Crippen molar-refractivity contribution in [2.45, 2.75) is 58.5 Å². The fourth-order valence-electron chi connectivity index (χ4n) is 2.47. The molecule has 18 heavy (non-hydrogen) atoms. The summed E-state index contributed by atoms with van der Waals surface area (Å²) in [6.07, 6.45) is 3.75. The van der Waals surface area contributed by atoms with Crippen molar-refractivity contribution in [1.82, 2.24) is 10.2 Å². The summed E-state index contributed by atoms with van der Waals surface area (Å²) < 4.78 is 5.25. The van der Waals surface area contributed by atoms with E-state index in [2.05, 4.69) is 37.9 Å². The van der Waals surface area contributed by atoms with Crippen molar-refractivity contribution in [3.63, 3.8) is 0 Å². The van der Waals surface area contributed by atoms with Gasteiger partial charge in [0.25, 0.3) is 0 Å². The smallest absolute Gasteiger partial charge is 0.0491 e. The van der Waals surface area contributed by atoms with E-state index in [9.17, 15) is 0 Å². The molecule has 1 heterocycles. The highest BCUT2D eigenvalue weighted by atomic mass is 16.5. The quantitative estimate of drug-likeness (QED) is 0.757. The van der Waals surface area contributed by atoms with Gasteiger partial charge in [0.2, 0.25) is 0 Å². The summed E-state index contributed by atoms with van der Waals surface area (Å²) in [6, 6.07) is 0.638. The minimum absolute atomic E-state index is 0.267. The predicted octanol–water partition coefficient (Wildman–Crippen LogP) is 2.51. The highest BCUT2D eigenvalue weighted by molar-refractivity contribution is 4.81. The van der Waals surface area contributed by atoms with Crippen molar-refractivity contribution in [3.05, 3.63) is 0 Å². The summed E-state index contributed by atoms with van der Waals surface area (Å²) in [5.74, 6) is 0.776. The first-order valence-electron chi connectivity index (χ1n) is 7.46. The summed E-state index contributed by atoms with van der Waals surface area (Å²) in [7, 11) is 1.81. The van der Waals surface area contributed by atoms with Crippen molar-refractivity contribution in [1.29, 1.82) is 0 Å². The molecule has 0 aromatic rings. The Labute approximate surface area is 113 Å². The number of methoxy groups -OCH3 is 1. The molecule has 3 nitrogen and oxygen atoms in total. The van der Waals surface area contributed by atoms with Crippen molar-refractivity contribution in [3.8, 4) is 0 Å². The zero-order valence-corrected chi connectivity index (χ0v) is 13.0. The minimum atomic E-state index is 0.267. The first kappa shape index (κ1) is 15.9. The maximum atomic E-state index is 5.25. The van der Waals surface area contributed by atoms with E-state index >= 15 is 0 Å². The van der Waals surface area contributed by atoms with Gasteiger partial charge in [0.1, 0.15) is 0 Å². The van der Waals surface area contributed by atoms with Gasteiger partial charge in [-0.25, -0.2) is 0 Å². The molecule has 1 saturated heterocycles. The molecule has 3 heteroatoms. The molecule has 1 atom stereocenters. The highest BCUT2D eigenvalue weighted by Gasteiger charge is 2.23. The van der Waals surface area contributed by atoms with E-state index in [-0.39, 0.29) is 5.54 Å². The third-order valence-electron chi connectivity index (χ3n) is 4.43. The van der Waals surface area contributed by atoms with Gasteiger partial charge in [0, 0.05) is 31.8 Å². The van der Waals surface area contributed by atoms with Crippen LogP contribution >= 0.6 is 0 Å². The number of nitrogens with zero attached hydrogens (tertiary/aromatic N) is 1. The molecule has 0 radical (unpaired) electrons. The Morgan fingerprint density at radius 2 is 1.94 bits per heavy atom. The molecule has 1 fully saturated rings. The third-order valence-corrected chi connectivity index (χ3v) is 4.43. The van der Waals surface area contributed by atoms with Crippen LogP contribution in [0, 0.1) is 5.92 Å². The second kappa shape index (κ2) is 7.46. The Morgan fingerprint density at radius 1 is 1.33 bits per heavy atom. The average molecular weight is 256 g/mol. The van der Waals surface area contributed by atoms with Gasteiger partial charge in [-0.3, -0.25) is 4.90 Å². The molecule has 0 aliphatic carbocycles. The van der Waals surface area contributed by atoms with E-state index in [4.69, 9.17) is 4.74 Å². The zero-order chi connectivity index (χ0) is 13.6. The normalized spacial score (nSPS) is 21.2. The molecule has 0 amide bonds. The standard InChI is InChI=1S/C15H32N2O/c1-6-15(3,4)16-11-13(2)17-9-7-14(8-10-17)12-18-5/h13-14,16H,6-12H2,1-5H3. The van der Waals surface area contributed by atoms with Crippen LogP contribution in [0.4, 0.5) is 0 Å². The predicted molar refractivity (Wildman–Crippen MR) is 78.0 cm³/mol. The molecule has 1 aliphatic rings. The number of hydrogen-bond acceptors (Lipinski definition) is 3. The van der Waals surface area contributed by atoms with Gasteiger partial charge in [-0.05, 0) is 59.0 Å². The van der Waals surface area contributed by atoms with Gasteiger partial charge in [0.15, 0.2) is 0 Å². The van der Waals surface area contributed by atoms with Crippen LogP contribution in [-0.4, -0.2) is 49.8 Å². The SMILES string of the molecule is CCC(C)(C)NCC(C)N1CCC(COC)CC1. The van der Waals surface area contributed by atoms with Gasteiger partial charge in [-0.1, -0.05) is 6.92 Å². The van der Waals surface area contributed by atoms with Crippen molar-refractivity contribution in [2.24, 2.45) is 5.92 Å². The molecule has 1 N–H and O–H groups in total. The third kappa shape index (κ3) is 5.25. The molecule has 0 bridgehead atoms. The minimum Gasteiger partial charge on any atom is -0.384 e. The number of likely N-dealkylation sites (tertiary alicyclic amines) is 1. The lowest BCUT2D eigenvalue weighted by Crippen LogP contribution is -2.49. The highest BCUT2D eigenvalue weighted by Crippen LogP contribution is 2.19. The van der Waals surface area contributed by atoms with E-state index in [0.29, 0.717) is 6.04 Å². The molecule has 0 aromatic carbocycles. The Kier molecular flexibility index (Phi) is 6.61. The largest absolute Gasteiger partial charge is 0.384 e. The van der Waals surface area contributed by atoms with Gasteiger partial charge in [0.05, 0.1) is 0 Å². The first-order chi connectivity index (χ1) is 8.48. The summed E-state index contributed by atoms with van der Waals surface area (Å²) in [5, 5.41) is 3.68. The topological polar surface area (TPSA) is 24.5 Å². The Hall–Kier alpha value is -0.120. The maximum absolute atomic E-state index is 5.25. The molecule has 1 rings (SSSR count). The van der Waals surface area contributed by atoms with Gasteiger partial charge in [-0.15, -0.1) is 0 Å². The number of nitrogens with one attached hydrogen (secondary N) is 1. The van der Waals surface area contributed by atoms with Crippen LogP contribution in [0.25, 0.3) is 0 Å². The summed E-state index contributed by atoms with van der Waals surface area (Å²) in [5.41, 5.74) is 0.267. The van der Waals surface area contributed by atoms with E-state index in [1.807, 2.05) is 7.11 Å². The molecule has 1 aliphatic heterocycles. The molecule has 1 unspecified atom stereocenters. The fourth-order valence-corrected chi connectivity index (χ4v) is 2.47. The Morgan fingerprint density at radius 3 is 2.44 bits per heavy atom. The van der Waals surface area contributed by atoms with Crippen LogP contribution < -0.4 is 5.32 Å². The number of ether oxygens (including phenoxy) is 1. The molecule has 108 valence electrons. The van der Waals surface area contributed by atoms with Gasteiger partial charge >= 0.3 is 0 Å². The molecule has 0 spiro atoms. The lowest BCUT2D eigenvalue weighted by molar-refractivity contribution is 0.0812. The first-order valence-corrected chi connectivity index (χ1v) is 7.46. The lowest BCUT2D eigenvalue weighted by Gasteiger charge is -2.37. The second-order valence-corrected chi connectivity index (χ2v) is 6.40. The lowest BCUT2D eigenvalue weighted by atomic mass is 9.96. The number of hydrogen-bond donors (Lipinski definition) is 1. The van der Waals surface area contributed by atoms with E-state index in [0.717, 1.165) is 19.1 Å². The number of piperidine rings is 1. The fraction of sp³-hybridized carbons (Fsp3) is 1.00. The van der Waals surface area contributed by atoms with Gasteiger partial charge in [-0.2, -0.15) is 0 Å². The summed E-state index contributed by atoms with van der Waals surface area (Å²) >= 11 is 0. The monoisotopic (exact) mass is 256 g/mol. The molecule has 0 saturated carbocycles. The average Bonchev–Trinajstić information content (AvgIpc) is 2.37. The Balaban J connectivity index is 2.25. The summed E-state index contributed by atoms with van der Waals surface area (Å²) in [4.78, 5) is 2.62. The van der Waals surface area contributed by atoms with Crippen molar-refractivity contribution >= 4 is 0 Å². The van der Waals surface area contributed by atoms with Crippen LogP contribution in [0.15, 0.2) is 0 Å². The Bertz CT molecular complexity index is 223. The van der Waals surface area contributed by atoms with E-state index in [1.54, 1.807) is 0 Å². The second-order valence-electron chi connectivity index (χ2n) is 6.40. The maximum Gasteiger partial charge on any atom is 0.0491 e. The molecular weight excluding hydrogens is 224 g/mol. The van der Waals surface area contributed by atoms with Crippen molar-refractivity contribution in [2.75, 3.05) is 33.4 Å². The number of rotatable bonds is 7. The summed E-state index contributed by atoms with van der Waals surface area (Å²) in [6.45, 7) is 13.6. The van der Waals surface area contributed by atoms with E-state index in [1.165, 1.54) is 32.4 Å². The van der Waals surface area contributed by atoms with E-state index < -0.39 is 0 Å². The van der Waals surface area contributed by atoms with Gasteiger partial charge < -0.3 is 10.1 Å². The molecule has 0 aromatic heterocycles. The van der Waals surface area contributed by atoms with Crippen molar-refractivity contribution < 1.29 is 4.74 Å². The van der Waals surface area contributed by atoms with Crippen LogP contribution in [0.1, 0.15) is 47.0 Å². The van der Waals surface area contributed by atoms with Crippen LogP contribution in [0.5, 0.6) is 0 Å². The molecular formula is C15H32N2O. The van der Waals surface area contributed by atoms with Crippen LogP contribution in [-0.2, 0) is 4.74 Å². The van der Waals surface area contributed by atoms with Crippen LogP contribution in [0.2, 0.25) is 0 Å².